The number of sulfonamides is 1. The van der Waals surface area contributed by atoms with Crippen LogP contribution in [0.2, 0.25) is 0 Å². The van der Waals surface area contributed by atoms with Crippen molar-refractivity contribution in [1.29, 1.82) is 0 Å². The molecule has 6 nitrogen and oxygen atoms in total. The molecule has 0 bridgehead atoms. The lowest BCUT2D eigenvalue weighted by atomic mass is 10.1. The van der Waals surface area contributed by atoms with Crippen LogP contribution in [0.3, 0.4) is 0 Å². The van der Waals surface area contributed by atoms with E-state index in [1.165, 1.54) is 19.2 Å². The number of hydrogen-bond acceptors (Lipinski definition) is 5. The quantitative estimate of drug-likeness (QED) is 0.583. The van der Waals surface area contributed by atoms with E-state index in [1.807, 2.05) is 0 Å². The van der Waals surface area contributed by atoms with E-state index in [0.29, 0.717) is 22.8 Å². The topological polar surface area (TPSA) is 77.0 Å². The Morgan fingerprint density at radius 1 is 1.08 bits per heavy atom. The van der Waals surface area contributed by atoms with Crippen molar-refractivity contribution in [3.05, 3.63) is 52.5 Å². The summed E-state index contributed by atoms with van der Waals surface area (Å²) >= 11 is 3.27. The number of ether oxygens (including phenoxy) is 2. The van der Waals surface area contributed by atoms with Gasteiger partial charge >= 0.3 is 0 Å². The molecule has 2 aromatic carbocycles. The molecule has 1 N–H and O–H groups in total. The zero-order valence-electron chi connectivity index (χ0n) is 13.4. The van der Waals surface area contributed by atoms with Crippen LogP contribution >= 0.6 is 15.9 Å². The molecule has 0 fully saturated rings. The van der Waals surface area contributed by atoms with Crippen LogP contribution in [-0.4, -0.2) is 28.3 Å². The second kappa shape index (κ2) is 7.67. The molecule has 24 heavy (non-hydrogen) atoms. The summed E-state index contributed by atoms with van der Waals surface area (Å²) in [7, 11) is -0.654. The number of halogens is 1. The van der Waals surface area contributed by atoms with Crippen LogP contribution in [0.4, 0.5) is 0 Å². The number of rotatable bonds is 6. The molecule has 2 rings (SSSR count). The monoisotopic (exact) mass is 412 g/mol. The maximum absolute atomic E-state index is 12.2. The van der Waals surface area contributed by atoms with Crippen LogP contribution in [0, 0.1) is 0 Å². The highest BCUT2D eigenvalue weighted by Gasteiger charge is 2.14. The Morgan fingerprint density at radius 2 is 1.75 bits per heavy atom. The fourth-order valence-electron chi connectivity index (χ4n) is 1.95. The Hall–Kier alpha value is -2.06. The summed E-state index contributed by atoms with van der Waals surface area (Å²) < 4.78 is 35.7. The molecule has 0 saturated heterocycles. The molecule has 0 aliphatic rings. The number of methoxy groups -OCH3 is 2. The third-order valence-corrected chi connectivity index (χ3v) is 5.01. The lowest BCUT2D eigenvalue weighted by molar-refractivity contribution is 0.394. The lowest BCUT2D eigenvalue weighted by Gasteiger charge is -2.10. The van der Waals surface area contributed by atoms with Gasteiger partial charge < -0.3 is 9.47 Å². The summed E-state index contributed by atoms with van der Waals surface area (Å²) in [5.41, 5.74) is 1.13. The molecule has 0 heterocycles. The van der Waals surface area contributed by atoms with Crippen molar-refractivity contribution in [3.8, 4) is 11.5 Å². The molecule has 128 valence electrons. The Labute approximate surface area is 149 Å². The lowest BCUT2D eigenvalue weighted by Crippen LogP contribution is -2.20. The van der Waals surface area contributed by atoms with E-state index >= 15 is 0 Å². The first-order valence-corrected chi connectivity index (χ1v) is 9.19. The Morgan fingerprint density at radius 3 is 2.33 bits per heavy atom. The second-order valence-corrected chi connectivity index (χ2v) is 7.39. The van der Waals surface area contributed by atoms with Gasteiger partial charge in [0.15, 0.2) is 0 Å². The third-order valence-electron chi connectivity index (χ3n) is 3.26. The Kier molecular flexibility index (Phi) is 5.84. The summed E-state index contributed by atoms with van der Waals surface area (Å²) in [6.07, 6.45) is 0. The minimum atomic E-state index is -3.74. The van der Waals surface area contributed by atoms with E-state index in [-0.39, 0.29) is 4.90 Å². The first-order chi connectivity index (χ1) is 11.4. The summed E-state index contributed by atoms with van der Waals surface area (Å²) in [6.45, 7) is 1.69. The molecule has 0 aliphatic carbocycles. The number of benzene rings is 2. The van der Waals surface area contributed by atoms with E-state index in [9.17, 15) is 8.42 Å². The molecular weight excluding hydrogens is 396 g/mol. The molecule has 0 unspecified atom stereocenters. The smallest absolute Gasteiger partial charge is 0.276 e. The molecule has 0 aromatic heterocycles. The maximum atomic E-state index is 12.2. The van der Waals surface area contributed by atoms with Gasteiger partial charge in [-0.3, -0.25) is 0 Å². The van der Waals surface area contributed by atoms with Crippen LogP contribution in [-0.2, 0) is 10.0 Å². The highest BCUT2D eigenvalue weighted by Crippen LogP contribution is 2.25. The van der Waals surface area contributed by atoms with Crippen LogP contribution < -0.4 is 14.3 Å². The number of nitrogens with one attached hydrogen (secondary N) is 1. The summed E-state index contributed by atoms with van der Waals surface area (Å²) in [5, 5.41) is 3.98. The molecule has 0 aliphatic heterocycles. The predicted octanol–water partition coefficient (Wildman–Crippen LogP) is 3.17. The third kappa shape index (κ3) is 4.27. The Bertz CT molecular complexity index is 849. The van der Waals surface area contributed by atoms with Crippen molar-refractivity contribution in [1.82, 2.24) is 4.83 Å². The van der Waals surface area contributed by atoms with E-state index in [0.717, 1.165) is 4.47 Å². The molecule has 2 aromatic rings. The average molecular weight is 413 g/mol. The largest absolute Gasteiger partial charge is 0.497 e. The minimum absolute atomic E-state index is 0.129. The molecule has 0 atom stereocenters. The molecule has 0 amide bonds. The molecule has 0 saturated carbocycles. The van der Waals surface area contributed by atoms with Gasteiger partial charge in [0.25, 0.3) is 10.0 Å². The minimum Gasteiger partial charge on any atom is -0.497 e. The molecule has 0 radical (unpaired) electrons. The van der Waals surface area contributed by atoms with Gasteiger partial charge in [0, 0.05) is 16.1 Å². The van der Waals surface area contributed by atoms with E-state index in [4.69, 9.17) is 9.47 Å². The molecular formula is C16H17BrN2O4S. The summed E-state index contributed by atoms with van der Waals surface area (Å²) in [5.74, 6) is 1.18. The van der Waals surface area contributed by atoms with Crippen LogP contribution in [0.5, 0.6) is 11.5 Å². The van der Waals surface area contributed by atoms with Crippen molar-refractivity contribution in [2.24, 2.45) is 5.10 Å². The van der Waals surface area contributed by atoms with E-state index < -0.39 is 10.0 Å². The van der Waals surface area contributed by atoms with Crippen molar-refractivity contribution in [3.63, 3.8) is 0 Å². The van der Waals surface area contributed by atoms with Crippen molar-refractivity contribution in [2.45, 2.75) is 11.8 Å². The van der Waals surface area contributed by atoms with Gasteiger partial charge in [-0.2, -0.15) is 18.4 Å². The number of hydrogen-bond donors (Lipinski definition) is 1. The fourth-order valence-corrected chi connectivity index (χ4v) is 3.07. The predicted molar refractivity (Wildman–Crippen MR) is 96.2 cm³/mol. The van der Waals surface area contributed by atoms with E-state index in [2.05, 4.69) is 25.9 Å². The zero-order chi connectivity index (χ0) is 17.7. The zero-order valence-corrected chi connectivity index (χ0v) is 15.8. The first-order valence-electron chi connectivity index (χ1n) is 6.91. The van der Waals surface area contributed by atoms with Crippen LogP contribution in [0.25, 0.3) is 0 Å². The fraction of sp³-hybridized carbons (Fsp3) is 0.188. The van der Waals surface area contributed by atoms with Gasteiger partial charge in [0.2, 0.25) is 0 Å². The van der Waals surface area contributed by atoms with Gasteiger partial charge in [-0.15, -0.1) is 0 Å². The van der Waals surface area contributed by atoms with Crippen molar-refractivity contribution >= 4 is 31.7 Å². The molecule has 0 spiro atoms. The second-order valence-electron chi connectivity index (χ2n) is 4.81. The van der Waals surface area contributed by atoms with Gasteiger partial charge in [0.05, 0.1) is 24.8 Å². The van der Waals surface area contributed by atoms with Gasteiger partial charge in [-0.05, 0) is 43.3 Å². The van der Waals surface area contributed by atoms with Crippen LogP contribution in [0.1, 0.15) is 12.5 Å². The average Bonchev–Trinajstić information content (AvgIpc) is 2.59. The standard InChI is InChI=1S/C16H17BrN2O4S/c1-11(15-9-6-13(22-2)10-16(15)23-3)18-19-24(20,21)14-7-4-12(17)5-8-14/h4-10,19H,1-3H3/b18-11+. The maximum Gasteiger partial charge on any atom is 0.276 e. The SMILES string of the molecule is COc1ccc(/C(C)=N/NS(=O)(=O)c2ccc(Br)cc2)c(OC)c1. The first kappa shape index (κ1) is 18.3. The normalized spacial score (nSPS) is 11.9. The highest BCUT2D eigenvalue weighted by atomic mass is 79.9. The van der Waals surface area contributed by atoms with E-state index in [1.54, 1.807) is 44.4 Å². The Balaban J connectivity index is 2.27. The molecule has 8 heteroatoms. The highest BCUT2D eigenvalue weighted by molar-refractivity contribution is 9.10. The summed E-state index contributed by atoms with van der Waals surface area (Å²) in [4.78, 5) is 2.36. The summed E-state index contributed by atoms with van der Waals surface area (Å²) in [6, 6.07) is 11.5. The van der Waals surface area contributed by atoms with Gasteiger partial charge in [-0.25, -0.2) is 0 Å². The van der Waals surface area contributed by atoms with Gasteiger partial charge in [-0.1, -0.05) is 15.9 Å². The number of nitrogens with zero attached hydrogens (tertiary/aromatic N) is 1. The van der Waals surface area contributed by atoms with Crippen molar-refractivity contribution in [2.75, 3.05) is 14.2 Å². The van der Waals surface area contributed by atoms with Gasteiger partial charge in [0.1, 0.15) is 11.5 Å². The van der Waals surface area contributed by atoms with Crippen LogP contribution in [0.15, 0.2) is 56.9 Å². The van der Waals surface area contributed by atoms with Crippen molar-refractivity contribution < 1.29 is 17.9 Å². The number of hydrazone groups is 1.